The van der Waals surface area contributed by atoms with E-state index in [1.165, 1.54) is 18.8 Å². The molecule has 0 fully saturated rings. The molecule has 0 spiro atoms. The number of likely N-dealkylation sites (N-methyl/N-ethyl adjacent to an activating group) is 1. The zero-order valence-electron chi connectivity index (χ0n) is 19.7. The molecule has 174 valence electrons. The van der Waals surface area contributed by atoms with E-state index in [9.17, 15) is 4.39 Å². The van der Waals surface area contributed by atoms with Gasteiger partial charge in [0, 0.05) is 30.9 Å². The van der Waals surface area contributed by atoms with Gasteiger partial charge in [0.1, 0.15) is 12.1 Å². The van der Waals surface area contributed by atoms with Gasteiger partial charge in [-0.1, -0.05) is 66.7 Å². The number of benzene rings is 2. The minimum absolute atomic E-state index is 0.262. The van der Waals surface area contributed by atoms with Crippen LogP contribution in [0.4, 0.5) is 4.39 Å². The average Bonchev–Trinajstić information content (AvgIpc) is 3.28. The number of aromatic nitrogens is 2. The van der Waals surface area contributed by atoms with Gasteiger partial charge in [-0.15, -0.1) is 0 Å². The highest BCUT2D eigenvalue weighted by Crippen LogP contribution is 2.35. The number of hydrogen-bond acceptors (Lipinski definition) is 5. The summed E-state index contributed by atoms with van der Waals surface area (Å²) in [6, 6.07) is 20.0. The SMILES string of the molecule is C=C(/C(=C\N(C)CCOC(C)F)c1ncnc2oc(-c3ccccc3)cc12)c1ccc(C)cc1. The molecule has 0 aliphatic rings. The molecule has 6 heteroatoms. The summed E-state index contributed by atoms with van der Waals surface area (Å²) < 4.78 is 24.2. The van der Waals surface area contributed by atoms with Gasteiger partial charge in [0.15, 0.2) is 6.36 Å². The Bertz CT molecular complexity index is 1290. The molecule has 0 saturated carbocycles. The van der Waals surface area contributed by atoms with E-state index in [1.807, 2.05) is 73.6 Å². The van der Waals surface area contributed by atoms with Crippen molar-refractivity contribution in [3.8, 4) is 11.3 Å². The lowest BCUT2D eigenvalue weighted by atomic mass is 9.95. The van der Waals surface area contributed by atoms with Crippen LogP contribution in [-0.2, 0) is 4.74 Å². The number of aryl methyl sites for hydroxylation is 1. The van der Waals surface area contributed by atoms with Crippen molar-refractivity contribution in [1.82, 2.24) is 14.9 Å². The molecule has 2 aromatic carbocycles. The molecule has 2 heterocycles. The Labute approximate surface area is 199 Å². The van der Waals surface area contributed by atoms with E-state index in [1.54, 1.807) is 0 Å². The summed E-state index contributed by atoms with van der Waals surface area (Å²) in [7, 11) is 1.91. The van der Waals surface area contributed by atoms with E-state index in [0.29, 0.717) is 18.0 Å². The fourth-order valence-corrected chi connectivity index (χ4v) is 3.65. The van der Waals surface area contributed by atoms with Gasteiger partial charge >= 0.3 is 0 Å². The van der Waals surface area contributed by atoms with Gasteiger partial charge in [0.2, 0.25) is 5.71 Å². The lowest BCUT2D eigenvalue weighted by Crippen LogP contribution is -2.19. The summed E-state index contributed by atoms with van der Waals surface area (Å²) in [5, 5.41) is 0.794. The monoisotopic (exact) mass is 457 g/mol. The molecule has 34 heavy (non-hydrogen) atoms. The fourth-order valence-electron chi connectivity index (χ4n) is 3.65. The maximum Gasteiger partial charge on any atom is 0.230 e. The molecule has 5 nitrogen and oxygen atoms in total. The summed E-state index contributed by atoms with van der Waals surface area (Å²) >= 11 is 0. The number of alkyl halides is 1. The van der Waals surface area contributed by atoms with Crippen molar-refractivity contribution < 1.29 is 13.5 Å². The predicted molar refractivity (Wildman–Crippen MR) is 135 cm³/mol. The Morgan fingerprint density at radius 3 is 2.59 bits per heavy atom. The van der Waals surface area contributed by atoms with Crippen LogP contribution >= 0.6 is 0 Å². The zero-order valence-corrected chi connectivity index (χ0v) is 19.7. The smallest absolute Gasteiger partial charge is 0.230 e. The summed E-state index contributed by atoms with van der Waals surface area (Å²) in [6.07, 6.45) is 2.16. The normalized spacial score (nSPS) is 12.6. The fraction of sp³-hybridized carbons (Fsp3) is 0.214. The van der Waals surface area contributed by atoms with Crippen LogP contribution in [0.2, 0.25) is 0 Å². The Kier molecular flexibility index (Phi) is 7.18. The zero-order chi connectivity index (χ0) is 24.1. The standard InChI is InChI=1S/C28H28FN3O2/c1-19-10-12-22(13-11-19)20(2)25(17-32(4)14-15-33-21(3)29)27-24-16-26(23-8-6-5-7-9-23)34-28(24)31-18-30-27/h5-13,16-18,21H,2,14-15H2,1,3-4H3/b25-17+. The van der Waals surface area contributed by atoms with Crippen molar-refractivity contribution in [3.63, 3.8) is 0 Å². The first-order chi connectivity index (χ1) is 16.4. The van der Waals surface area contributed by atoms with Crippen LogP contribution in [-0.4, -0.2) is 41.4 Å². The molecule has 4 aromatic rings. The number of allylic oxidation sites excluding steroid dienone is 2. The Morgan fingerprint density at radius 2 is 1.88 bits per heavy atom. The van der Waals surface area contributed by atoms with Gasteiger partial charge in [-0.05, 0) is 31.1 Å². The third kappa shape index (κ3) is 5.41. The number of fused-ring (bicyclic) bond motifs is 1. The van der Waals surface area contributed by atoms with E-state index < -0.39 is 6.36 Å². The Hall–Kier alpha value is -3.77. The molecule has 0 aliphatic heterocycles. The predicted octanol–water partition coefficient (Wildman–Crippen LogP) is 6.52. The summed E-state index contributed by atoms with van der Waals surface area (Å²) in [4.78, 5) is 10.9. The first-order valence-corrected chi connectivity index (χ1v) is 11.2. The minimum atomic E-state index is -1.30. The van der Waals surface area contributed by atoms with Crippen LogP contribution < -0.4 is 0 Å². The van der Waals surface area contributed by atoms with E-state index >= 15 is 0 Å². The molecule has 1 unspecified atom stereocenters. The maximum absolute atomic E-state index is 13.1. The van der Waals surface area contributed by atoms with E-state index in [-0.39, 0.29) is 6.61 Å². The third-order valence-corrected chi connectivity index (χ3v) is 5.51. The molecule has 0 N–H and O–H groups in total. The second-order valence-corrected chi connectivity index (χ2v) is 8.20. The van der Waals surface area contributed by atoms with Crippen molar-refractivity contribution in [3.05, 3.63) is 96.6 Å². The van der Waals surface area contributed by atoms with Crippen LogP contribution in [0.5, 0.6) is 0 Å². The van der Waals surface area contributed by atoms with Gasteiger partial charge in [-0.25, -0.2) is 14.4 Å². The van der Waals surface area contributed by atoms with E-state index in [0.717, 1.165) is 33.4 Å². The average molecular weight is 458 g/mol. The molecule has 1 atom stereocenters. The van der Waals surface area contributed by atoms with Gasteiger partial charge in [0.25, 0.3) is 0 Å². The van der Waals surface area contributed by atoms with Crippen LogP contribution in [0, 0.1) is 6.92 Å². The van der Waals surface area contributed by atoms with E-state index in [2.05, 4.69) is 28.7 Å². The van der Waals surface area contributed by atoms with Crippen LogP contribution in [0.1, 0.15) is 23.7 Å². The number of ether oxygens (including phenoxy) is 1. The Morgan fingerprint density at radius 1 is 1.15 bits per heavy atom. The highest BCUT2D eigenvalue weighted by molar-refractivity contribution is 6.08. The first kappa shape index (κ1) is 23.4. The van der Waals surface area contributed by atoms with Gasteiger partial charge in [-0.2, -0.15) is 0 Å². The molecule has 0 aliphatic carbocycles. The highest BCUT2D eigenvalue weighted by atomic mass is 19.1. The van der Waals surface area contributed by atoms with Crippen molar-refractivity contribution in [2.45, 2.75) is 20.2 Å². The largest absolute Gasteiger partial charge is 0.438 e. The number of nitrogens with zero attached hydrogens (tertiary/aromatic N) is 3. The molecule has 0 amide bonds. The molecule has 0 saturated heterocycles. The Balaban J connectivity index is 1.77. The van der Waals surface area contributed by atoms with Crippen LogP contribution in [0.25, 0.3) is 33.6 Å². The number of furan rings is 1. The lowest BCUT2D eigenvalue weighted by molar-refractivity contribution is -0.0276. The molecular weight excluding hydrogens is 429 g/mol. The summed E-state index contributed by atoms with van der Waals surface area (Å²) in [5.74, 6) is 0.719. The molecular formula is C28H28FN3O2. The molecule has 4 rings (SSSR count). The molecule has 0 radical (unpaired) electrons. The topological polar surface area (TPSA) is 51.4 Å². The number of hydrogen-bond donors (Lipinski definition) is 0. The van der Waals surface area contributed by atoms with Gasteiger partial charge in [0.05, 0.1) is 17.7 Å². The number of rotatable bonds is 9. The maximum atomic E-state index is 13.1. The number of halogens is 1. The molecule has 0 bridgehead atoms. The second kappa shape index (κ2) is 10.4. The van der Waals surface area contributed by atoms with Crippen molar-refractivity contribution >= 4 is 22.2 Å². The van der Waals surface area contributed by atoms with Crippen molar-refractivity contribution in [1.29, 1.82) is 0 Å². The van der Waals surface area contributed by atoms with Crippen molar-refractivity contribution in [2.24, 2.45) is 0 Å². The summed E-state index contributed by atoms with van der Waals surface area (Å²) in [6.45, 7) is 8.58. The second-order valence-electron chi connectivity index (χ2n) is 8.20. The highest BCUT2D eigenvalue weighted by Gasteiger charge is 2.18. The summed E-state index contributed by atoms with van der Waals surface area (Å²) in [5.41, 5.74) is 5.98. The lowest BCUT2D eigenvalue weighted by Gasteiger charge is -2.19. The van der Waals surface area contributed by atoms with Crippen LogP contribution in [0.3, 0.4) is 0 Å². The van der Waals surface area contributed by atoms with Gasteiger partial charge in [-0.3, -0.25) is 0 Å². The van der Waals surface area contributed by atoms with Crippen molar-refractivity contribution in [2.75, 3.05) is 20.2 Å². The quantitative estimate of drug-likeness (QED) is 0.268. The van der Waals surface area contributed by atoms with Gasteiger partial charge < -0.3 is 14.1 Å². The van der Waals surface area contributed by atoms with Crippen LogP contribution in [0.15, 0.2) is 84.2 Å². The molecule has 2 aromatic heterocycles. The minimum Gasteiger partial charge on any atom is -0.438 e. The first-order valence-electron chi connectivity index (χ1n) is 11.2. The third-order valence-electron chi connectivity index (χ3n) is 5.51. The van der Waals surface area contributed by atoms with E-state index in [4.69, 9.17) is 9.15 Å².